The van der Waals surface area contributed by atoms with Crippen LogP contribution in [0.3, 0.4) is 0 Å². The largest absolute Gasteiger partial charge is 0.480 e. The Balaban J connectivity index is 1.90. The standard InChI is InChI=1S/C11H16N4O3S/c12-5-9-13-8(7-19-9)11(18)15-3-1-14(2-4-15)6-10(16)17/h7H,1-6,12H2,(H,16,17). The van der Waals surface area contributed by atoms with Crippen molar-refractivity contribution in [2.45, 2.75) is 6.54 Å². The summed E-state index contributed by atoms with van der Waals surface area (Å²) in [6.45, 7) is 2.57. The number of aliphatic carboxylic acids is 1. The zero-order valence-corrected chi connectivity index (χ0v) is 11.2. The molecule has 0 aromatic carbocycles. The van der Waals surface area contributed by atoms with Crippen molar-refractivity contribution < 1.29 is 14.7 Å². The van der Waals surface area contributed by atoms with Crippen LogP contribution in [0.25, 0.3) is 0 Å². The topological polar surface area (TPSA) is 99.8 Å². The van der Waals surface area contributed by atoms with E-state index in [1.54, 1.807) is 10.3 Å². The first kappa shape index (κ1) is 13.9. The molecule has 0 radical (unpaired) electrons. The normalized spacial score (nSPS) is 16.6. The van der Waals surface area contributed by atoms with Gasteiger partial charge in [0.2, 0.25) is 0 Å². The number of hydrogen-bond donors (Lipinski definition) is 2. The summed E-state index contributed by atoms with van der Waals surface area (Å²) in [4.78, 5) is 30.4. The quantitative estimate of drug-likeness (QED) is 0.769. The van der Waals surface area contributed by atoms with Crippen molar-refractivity contribution in [2.75, 3.05) is 32.7 Å². The van der Waals surface area contributed by atoms with Crippen molar-refractivity contribution in [1.82, 2.24) is 14.8 Å². The lowest BCUT2D eigenvalue weighted by Crippen LogP contribution is -2.50. The van der Waals surface area contributed by atoms with E-state index in [1.807, 2.05) is 4.90 Å². The number of piperazine rings is 1. The van der Waals surface area contributed by atoms with Crippen LogP contribution in [0.4, 0.5) is 0 Å². The molecule has 1 fully saturated rings. The van der Waals surface area contributed by atoms with Gasteiger partial charge in [0.15, 0.2) is 0 Å². The molecule has 0 aliphatic carbocycles. The lowest BCUT2D eigenvalue weighted by Gasteiger charge is -2.33. The molecule has 0 atom stereocenters. The van der Waals surface area contributed by atoms with Crippen LogP contribution in [0.5, 0.6) is 0 Å². The van der Waals surface area contributed by atoms with E-state index in [0.29, 0.717) is 38.4 Å². The van der Waals surface area contributed by atoms with Crippen molar-refractivity contribution in [3.05, 3.63) is 16.1 Å². The van der Waals surface area contributed by atoms with Crippen molar-refractivity contribution in [2.24, 2.45) is 5.73 Å². The van der Waals surface area contributed by atoms with Gasteiger partial charge in [-0.2, -0.15) is 0 Å². The third-order valence-corrected chi connectivity index (χ3v) is 3.83. The molecule has 1 aromatic rings. The van der Waals surface area contributed by atoms with Crippen molar-refractivity contribution in [3.8, 4) is 0 Å². The molecule has 0 bridgehead atoms. The maximum absolute atomic E-state index is 12.2. The molecule has 0 saturated carbocycles. The van der Waals surface area contributed by atoms with Gasteiger partial charge in [0.25, 0.3) is 5.91 Å². The smallest absolute Gasteiger partial charge is 0.317 e. The lowest BCUT2D eigenvalue weighted by molar-refractivity contribution is -0.138. The van der Waals surface area contributed by atoms with Gasteiger partial charge in [-0.25, -0.2) is 4.98 Å². The van der Waals surface area contributed by atoms with E-state index in [0.717, 1.165) is 5.01 Å². The monoisotopic (exact) mass is 284 g/mol. The summed E-state index contributed by atoms with van der Waals surface area (Å²) in [5.41, 5.74) is 5.89. The SMILES string of the molecule is NCc1nc(C(=O)N2CCN(CC(=O)O)CC2)cs1. The van der Waals surface area contributed by atoms with Crippen LogP contribution in [0.15, 0.2) is 5.38 Å². The Labute approximate surface area is 114 Å². The first-order valence-corrected chi connectivity index (χ1v) is 6.86. The Kier molecular flexibility index (Phi) is 4.46. The van der Waals surface area contributed by atoms with E-state index in [4.69, 9.17) is 10.8 Å². The van der Waals surface area contributed by atoms with Gasteiger partial charge in [-0.1, -0.05) is 0 Å². The van der Waals surface area contributed by atoms with Crippen LogP contribution in [0.1, 0.15) is 15.5 Å². The zero-order valence-electron chi connectivity index (χ0n) is 10.4. The van der Waals surface area contributed by atoms with E-state index < -0.39 is 5.97 Å². The number of carbonyl (C=O) groups excluding carboxylic acids is 1. The van der Waals surface area contributed by atoms with Gasteiger partial charge in [-0.05, 0) is 0 Å². The van der Waals surface area contributed by atoms with Gasteiger partial charge in [-0.3, -0.25) is 14.5 Å². The molecule has 1 aliphatic rings. The highest BCUT2D eigenvalue weighted by Crippen LogP contribution is 2.12. The number of rotatable bonds is 4. The number of amides is 1. The summed E-state index contributed by atoms with van der Waals surface area (Å²) in [7, 11) is 0. The number of nitrogens with two attached hydrogens (primary N) is 1. The van der Waals surface area contributed by atoms with E-state index >= 15 is 0 Å². The fraction of sp³-hybridized carbons (Fsp3) is 0.545. The maximum atomic E-state index is 12.2. The Morgan fingerprint density at radius 2 is 2.05 bits per heavy atom. The van der Waals surface area contributed by atoms with Crippen molar-refractivity contribution in [3.63, 3.8) is 0 Å². The molecule has 8 heteroatoms. The molecule has 0 unspecified atom stereocenters. The van der Waals surface area contributed by atoms with E-state index in [2.05, 4.69) is 4.98 Å². The Morgan fingerprint density at radius 3 is 2.58 bits per heavy atom. The average Bonchev–Trinajstić information content (AvgIpc) is 2.87. The predicted molar refractivity (Wildman–Crippen MR) is 70.0 cm³/mol. The third-order valence-electron chi connectivity index (χ3n) is 2.96. The van der Waals surface area contributed by atoms with Crippen LogP contribution in [0, 0.1) is 0 Å². The maximum Gasteiger partial charge on any atom is 0.317 e. The molecule has 104 valence electrons. The first-order chi connectivity index (χ1) is 9.10. The summed E-state index contributed by atoms with van der Waals surface area (Å²) in [5, 5.41) is 11.2. The molecule has 1 saturated heterocycles. The molecular weight excluding hydrogens is 268 g/mol. The second kappa shape index (κ2) is 6.09. The minimum atomic E-state index is -0.841. The molecule has 2 rings (SSSR count). The highest BCUT2D eigenvalue weighted by Gasteiger charge is 2.24. The molecule has 1 amide bonds. The summed E-state index contributed by atoms with van der Waals surface area (Å²) in [6, 6.07) is 0. The van der Waals surface area contributed by atoms with Crippen LogP contribution in [0.2, 0.25) is 0 Å². The van der Waals surface area contributed by atoms with Gasteiger partial charge in [0, 0.05) is 38.1 Å². The summed E-state index contributed by atoms with van der Waals surface area (Å²) in [6.07, 6.45) is 0. The van der Waals surface area contributed by atoms with Crippen LogP contribution < -0.4 is 5.73 Å². The van der Waals surface area contributed by atoms with Crippen LogP contribution in [-0.4, -0.2) is 64.5 Å². The van der Waals surface area contributed by atoms with E-state index in [-0.39, 0.29) is 12.5 Å². The van der Waals surface area contributed by atoms with Gasteiger partial charge >= 0.3 is 5.97 Å². The average molecular weight is 284 g/mol. The summed E-state index contributed by atoms with van der Waals surface area (Å²) < 4.78 is 0. The van der Waals surface area contributed by atoms with Crippen molar-refractivity contribution in [1.29, 1.82) is 0 Å². The highest BCUT2D eigenvalue weighted by atomic mass is 32.1. The van der Waals surface area contributed by atoms with Gasteiger partial charge < -0.3 is 15.7 Å². The van der Waals surface area contributed by atoms with Crippen LogP contribution in [-0.2, 0) is 11.3 Å². The lowest BCUT2D eigenvalue weighted by atomic mass is 10.3. The summed E-state index contributed by atoms with van der Waals surface area (Å²) >= 11 is 1.38. The molecule has 1 aliphatic heterocycles. The number of aromatic nitrogens is 1. The van der Waals surface area contributed by atoms with E-state index in [1.165, 1.54) is 11.3 Å². The van der Waals surface area contributed by atoms with Crippen LogP contribution >= 0.6 is 11.3 Å². The highest BCUT2D eigenvalue weighted by molar-refractivity contribution is 7.09. The second-order valence-electron chi connectivity index (χ2n) is 4.29. The Bertz CT molecular complexity index is 468. The van der Waals surface area contributed by atoms with Gasteiger partial charge in [0.1, 0.15) is 10.7 Å². The molecular formula is C11H16N4O3S. The molecule has 2 heterocycles. The van der Waals surface area contributed by atoms with Gasteiger partial charge in [-0.15, -0.1) is 11.3 Å². The molecule has 0 spiro atoms. The second-order valence-corrected chi connectivity index (χ2v) is 5.24. The Morgan fingerprint density at radius 1 is 1.37 bits per heavy atom. The number of nitrogens with zero attached hydrogens (tertiary/aromatic N) is 3. The molecule has 3 N–H and O–H groups in total. The molecule has 19 heavy (non-hydrogen) atoms. The minimum absolute atomic E-state index is 0.0239. The predicted octanol–water partition coefficient (Wildman–Crippen LogP) is -0.556. The fourth-order valence-corrected chi connectivity index (χ4v) is 2.61. The van der Waals surface area contributed by atoms with Crippen molar-refractivity contribution >= 4 is 23.2 Å². The third kappa shape index (κ3) is 3.49. The van der Waals surface area contributed by atoms with Gasteiger partial charge in [0.05, 0.1) is 6.54 Å². The first-order valence-electron chi connectivity index (χ1n) is 5.98. The summed E-state index contributed by atoms with van der Waals surface area (Å²) in [5.74, 6) is -0.946. The number of carbonyl (C=O) groups is 2. The zero-order chi connectivity index (χ0) is 13.8. The number of carboxylic acid groups (broad SMARTS) is 1. The fourth-order valence-electron chi connectivity index (χ4n) is 1.97. The molecule has 1 aromatic heterocycles. The van der Waals surface area contributed by atoms with E-state index in [9.17, 15) is 9.59 Å². The molecule has 7 nitrogen and oxygen atoms in total. The number of hydrogen-bond acceptors (Lipinski definition) is 6. The number of thiazole rings is 1. The minimum Gasteiger partial charge on any atom is -0.480 e. The number of carboxylic acids is 1. The Hall–Kier alpha value is -1.51.